The number of esters is 1. The van der Waals surface area contributed by atoms with Gasteiger partial charge in [-0.1, -0.05) is 116 Å². The molecule has 0 aliphatic carbocycles. The molecule has 0 bridgehead atoms. The minimum atomic E-state index is -0.227. The molecule has 0 N–H and O–H groups in total. The van der Waals surface area contributed by atoms with E-state index in [1.54, 1.807) is 56.7 Å². The highest BCUT2D eigenvalue weighted by atomic mass is 32.1. The van der Waals surface area contributed by atoms with Crippen molar-refractivity contribution in [1.29, 1.82) is 0 Å². The molecule has 8 aromatic heterocycles. The molecule has 0 saturated carbocycles. The number of fused-ring (bicyclic) bond motifs is 18. The fourth-order valence-corrected chi connectivity index (χ4v) is 21.2. The number of hydrogen-bond acceptors (Lipinski definition) is 14. The normalized spacial score (nSPS) is 11.8. The molecule has 0 unspecified atom stereocenters. The summed E-state index contributed by atoms with van der Waals surface area (Å²) < 4.78 is 22.4. The van der Waals surface area contributed by atoms with Crippen molar-refractivity contribution in [3.63, 3.8) is 0 Å². The van der Waals surface area contributed by atoms with Crippen LogP contribution in [0.2, 0.25) is 0 Å². The van der Waals surface area contributed by atoms with Crippen molar-refractivity contribution in [3.05, 3.63) is 139 Å². The SMILES string of the molecule is CCOC(=O)c1sc2c(sc3c4sc(CC)c(-c5ccccc5)c4sc23)c1-c1ccccc1.O=C=O.O=c1c2ccccc2c2c1sc1c3sc4c(sc5c(=O)c6ccccc6c54)c3sc12. The standard InChI is InChI=1S/C27H20O2S4.C24H8O2S4.CO2/c1-3-17-18(15-11-7-5-8-12-15)20-23(30-17)25-26(31-20)24-21(32-25)19(16-13-9-6-10-14-16)22(33-24)27(28)29-4-2;25-15-11-7-3-1-5-9(11)13-17(15)27-21-19(13)29-24-22-20(30-23(21)24)14-10-6-2-4-8-12(10)16(26)18(14)28-22;2-1-3/h5-14H,3-4H2,1-2H3;1-8H;. The van der Waals surface area contributed by atoms with Crippen molar-refractivity contribution in [2.75, 3.05) is 6.61 Å². The van der Waals surface area contributed by atoms with Gasteiger partial charge in [0.05, 0.1) is 72.4 Å². The summed E-state index contributed by atoms with van der Waals surface area (Å²) in [6.45, 7) is 4.48. The predicted molar refractivity (Wildman–Crippen MR) is 287 cm³/mol. The van der Waals surface area contributed by atoms with Crippen LogP contribution in [0, 0.1) is 0 Å². The van der Waals surface area contributed by atoms with E-state index >= 15 is 0 Å². The van der Waals surface area contributed by atoms with Gasteiger partial charge in [0.2, 0.25) is 10.9 Å². The molecule has 0 fully saturated rings. The van der Waals surface area contributed by atoms with Gasteiger partial charge in [-0.15, -0.1) is 90.7 Å². The molecule has 0 aliphatic heterocycles. The Bertz CT molecular complexity index is 4230. The summed E-state index contributed by atoms with van der Waals surface area (Å²) in [6, 6.07) is 36.8. The fraction of sp³-hybridized carbons (Fsp3) is 0.0769. The van der Waals surface area contributed by atoms with Crippen LogP contribution in [0.1, 0.15) is 28.4 Å². The molecule has 14 aromatic rings. The van der Waals surface area contributed by atoms with E-state index in [0.29, 0.717) is 11.5 Å². The first kappa shape index (κ1) is 41.6. The summed E-state index contributed by atoms with van der Waals surface area (Å²) in [5.41, 5.74) is 5.06. The number of hydrogen-bond donors (Lipinski definition) is 0. The number of thiophene rings is 8. The van der Waals surface area contributed by atoms with Gasteiger partial charge in [0.1, 0.15) is 4.88 Å². The van der Waals surface area contributed by atoms with Gasteiger partial charge >= 0.3 is 12.1 Å². The van der Waals surface area contributed by atoms with E-state index in [4.69, 9.17) is 14.3 Å². The fourth-order valence-electron chi connectivity index (χ4n) is 9.09. The van der Waals surface area contributed by atoms with Crippen LogP contribution in [-0.4, -0.2) is 18.7 Å². The second-order valence-corrected chi connectivity index (χ2v) is 23.6. The highest BCUT2D eigenvalue weighted by Gasteiger charge is 2.28. The van der Waals surface area contributed by atoms with E-state index in [1.807, 2.05) is 95.5 Å². The van der Waals surface area contributed by atoms with E-state index in [-0.39, 0.29) is 23.0 Å². The average molecular weight is 1010 g/mol. The maximum Gasteiger partial charge on any atom is 0.373 e. The third-order valence-corrected chi connectivity index (χ3v) is 22.9. The highest BCUT2D eigenvalue weighted by molar-refractivity contribution is 7.48. The third kappa shape index (κ3) is 6.07. The maximum atomic E-state index is 12.9. The molecule has 66 heavy (non-hydrogen) atoms. The Morgan fingerprint density at radius 3 is 1.27 bits per heavy atom. The van der Waals surface area contributed by atoms with Gasteiger partial charge < -0.3 is 4.74 Å². The van der Waals surface area contributed by atoms with Gasteiger partial charge in [-0.05, 0) is 35.2 Å². The average Bonchev–Trinajstić information content (AvgIpc) is 4.22. The summed E-state index contributed by atoms with van der Waals surface area (Å²) in [5, 5.41) is 5.99. The topological polar surface area (TPSA) is 94.6 Å². The van der Waals surface area contributed by atoms with E-state index in [1.165, 1.54) is 72.4 Å². The minimum absolute atomic E-state index is 0.154. The Labute approximate surface area is 405 Å². The Hall–Kier alpha value is -5.77. The first-order chi connectivity index (χ1) is 32.3. The Morgan fingerprint density at radius 2 is 0.803 bits per heavy atom. The van der Waals surface area contributed by atoms with Crippen molar-refractivity contribution in [2.24, 2.45) is 0 Å². The molecular weight excluding hydrogens is 977 g/mol. The number of benzene rings is 4. The molecule has 8 heterocycles. The summed E-state index contributed by atoms with van der Waals surface area (Å²) >= 11 is 14.0. The minimum Gasteiger partial charge on any atom is -0.462 e. The predicted octanol–water partition coefficient (Wildman–Crippen LogP) is 16.5. The number of carbonyl (C=O) groups excluding carboxylic acids is 3. The van der Waals surface area contributed by atoms with Gasteiger partial charge in [-0.25, -0.2) is 4.79 Å². The molecule has 320 valence electrons. The molecule has 0 spiro atoms. The van der Waals surface area contributed by atoms with Gasteiger partial charge in [0.25, 0.3) is 0 Å². The van der Waals surface area contributed by atoms with E-state index in [0.717, 1.165) is 59.3 Å². The summed E-state index contributed by atoms with van der Waals surface area (Å²) in [4.78, 5) is 57.1. The Kier molecular flexibility index (Phi) is 10.2. The molecule has 0 atom stereocenters. The lowest BCUT2D eigenvalue weighted by molar-refractivity contribution is -0.191. The second kappa shape index (κ2) is 16.2. The first-order valence-corrected chi connectivity index (χ1v) is 27.3. The van der Waals surface area contributed by atoms with Crippen LogP contribution in [0.25, 0.3) is 120 Å². The van der Waals surface area contributed by atoms with Crippen LogP contribution in [0.5, 0.6) is 0 Å². The van der Waals surface area contributed by atoms with Crippen LogP contribution in [0.4, 0.5) is 0 Å². The molecule has 14 heteroatoms. The largest absolute Gasteiger partial charge is 0.462 e. The zero-order chi connectivity index (χ0) is 45.0. The van der Waals surface area contributed by atoms with Crippen LogP contribution in [0.15, 0.2) is 119 Å². The number of aryl methyl sites for hydroxylation is 1. The van der Waals surface area contributed by atoms with Gasteiger partial charge in [-0.3, -0.25) is 9.59 Å². The molecule has 6 nitrogen and oxygen atoms in total. The molecule has 0 amide bonds. The van der Waals surface area contributed by atoms with E-state index in [2.05, 4.69) is 61.5 Å². The van der Waals surface area contributed by atoms with Crippen molar-refractivity contribution >= 4 is 201 Å². The smallest absolute Gasteiger partial charge is 0.373 e. The first-order valence-electron chi connectivity index (χ1n) is 20.8. The Balaban J connectivity index is 0.000000131. The number of ether oxygens (including phenoxy) is 1. The number of rotatable bonds is 5. The molecule has 6 aromatic carbocycles. The van der Waals surface area contributed by atoms with Crippen LogP contribution in [0.3, 0.4) is 0 Å². The summed E-state index contributed by atoms with van der Waals surface area (Å²) in [5.74, 6) is -0.227. The Morgan fingerprint density at radius 1 is 0.439 bits per heavy atom. The zero-order valence-corrected chi connectivity index (χ0v) is 41.1. The monoisotopic (exact) mass is 1000 g/mol. The van der Waals surface area contributed by atoms with E-state index in [9.17, 15) is 14.4 Å². The van der Waals surface area contributed by atoms with Crippen molar-refractivity contribution in [2.45, 2.75) is 20.3 Å². The van der Waals surface area contributed by atoms with Crippen molar-refractivity contribution < 1.29 is 19.1 Å². The summed E-state index contributed by atoms with van der Waals surface area (Å²) in [6.07, 6.45) is 1.28. The summed E-state index contributed by atoms with van der Waals surface area (Å²) in [7, 11) is 0. The lowest BCUT2D eigenvalue weighted by Gasteiger charge is -2.04. The van der Waals surface area contributed by atoms with Gasteiger partial charge in [-0.2, -0.15) is 9.59 Å². The molecule has 14 rings (SSSR count). The molecule has 0 saturated heterocycles. The van der Waals surface area contributed by atoms with Gasteiger partial charge in [0, 0.05) is 37.5 Å². The lowest BCUT2D eigenvalue weighted by atomic mass is 10.1. The quantitative estimate of drug-likeness (QED) is 0.159. The third-order valence-electron chi connectivity index (χ3n) is 11.8. The molecular formula is C52H28O6S8. The maximum absolute atomic E-state index is 12.9. The number of carbonyl (C=O) groups is 1. The lowest BCUT2D eigenvalue weighted by Crippen LogP contribution is -2.03. The van der Waals surface area contributed by atoms with Crippen LogP contribution < -0.4 is 10.9 Å². The highest BCUT2D eigenvalue weighted by Crippen LogP contribution is 2.57. The molecule has 0 radical (unpaired) electrons. The van der Waals surface area contributed by atoms with Crippen molar-refractivity contribution in [1.82, 2.24) is 0 Å². The van der Waals surface area contributed by atoms with Crippen LogP contribution >= 0.6 is 90.7 Å². The molecule has 0 aliphatic rings. The zero-order valence-electron chi connectivity index (χ0n) is 34.5. The van der Waals surface area contributed by atoms with E-state index < -0.39 is 0 Å². The van der Waals surface area contributed by atoms with Gasteiger partial charge in [0.15, 0.2) is 0 Å². The van der Waals surface area contributed by atoms with Crippen LogP contribution in [-0.2, 0) is 20.7 Å². The second-order valence-electron chi connectivity index (χ2n) is 15.3. The van der Waals surface area contributed by atoms with Crippen molar-refractivity contribution in [3.8, 4) is 22.3 Å².